The third-order valence-electron chi connectivity index (χ3n) is 3.87. The van der Waals surface area contributed by atoms with Gasteiger partial charge in [-0.05, 0) is 55.8 Å². The fourth-order valence-corrected chi connectivity index (χ4v) is 3.16. The van der Waals surface area contributed by atoms with Gasteiger partial charge in [0.2, 0.25) is 11.8 Å². The lowest BCUT2D eigenvalue weighted by atomic mass is 10.1. The average Bonchev–Trinajstić information content (AvgIpc) is 3.11. The number of aromatic nitrogens is 2. The molecule has 27 heavy (non-hydrogen) atoms. The minimum absolute atomic E-state index is 0.178. The van der Waals surface area contributed by atoms with Crippen molar-refractivity contribution in [3.63, 3.8) is 0 Å². The maximum absolute atomic E-state index is 13.0. The van der Waals surface area contributed by atoms with Crippen LogP contribution in [0.2, 0.25) is 5.02 Å². The van der Waals surface area contributed by atoms with Crippen molar-refractivity contribution in [2.45, 2.75) is 30.4 Å². The molecular formula is C19H17ClFN3O2S. The van der Waals surface area contributed by atoms with Crippen LogP contribution >= 0.6 is 23.4 Å². The number of hydrogen-bond donors (Lipinski definition) is 1. The second kappa shape index (κ2) is 8.54. The van der Waals surface area contributed by atoms with E-state index in [4.69, 9.17) is 16.0 Å². The van der Waals surface area contributed by atoms with Crippen LogP contribution in [0.5, 0.6) is 0 Å². The van der Waals surface area contributed by atoms with Crippen LogP contribution in [0.1, 0.15) is 25.5 Å². The molecule has 0 aliphatic rings. The van der Waals surface area contributed by atoms with E-state index in [1.54, 1.807) is 43.3 Å². The van der Waals surface area contributed by atoms with Gasteiger partial charge < -0.3 is 9.73 Å². The summed E-state index contributed by atoms with van der Waals surface area (Å²) < 4.78 is 18.6. The molecule has 0 aliphatic heterocycles. The Morgan fingerprint density at radius 2 is 1.78 bits per heavy atom. The number of carbonyl (C=O) groups is 1. The molecule has 2 atom stereocenters. The van der Waals surface area contributed by atoms with Crippen molar-refractivity contribution in [2.75, 3.05) is 0 Å². The quantitative estimate of drug-likeness (QED) is 0.591. The van der Waals surface area contributed by atoms with E-state index in [0.717, 1.165) is 11.1 Å². The molecule has 5 nitrogen and oxygen atoms in total. The van der Waals surface area contributed by atoms with E-state index in [2.05, 4.69) is 15.5 Å². The highest BCUT2D eigenvalue weighted by atomic mass is 35.5. The maximum atomic E-state index is 13.0. The number of halogens is 2. The second-order valence-electron chi connectivity index (χ2n) is 5.92. The number of nitrogens with one attached hydrogen (secondary N) is 1. The van der Waals surface area contributed by atoms with Gasteiger partial charge >= 0.3 is 0 Å². The average molecular weight is 406 g/mol. The summed E-state index contributed by atoms with van der Waals surface area (Å²) in [5.41, 5.74) is 1.57. The highest BCUT2D eigenvalue weighted by molar-refractivity contribution is 8.00. The Balaban J connectivity index is 1.59. The van der Waals surface area contributed by atoms with E-state index in [0.29, 0.717) is 16.1 Å². The Bertz CT molecular complexity index is 915. The van der Waals surface area contributed by atoms with Gasteiger partial charge in [-0.1, -0.05) is 35.5 Å². The van der Waals surface area contributed by atoms with Crippen LogP contribution in [-0.2, 0) is 4.79 Å². The summed E-state index contributed by atoms with van der Waals surface area (Å²) in [5.74, 6) is -0.126. The Kier molecular flexibility index (Phi) is 6.13. The first-order chi connectivity index (χ1) is 12.9. The summed E-state index contributed by atoms with van der Waals surface area (Å²) in [4.78, 5) is 12.4. The van der Waals surface area contributed by atoms with Gasteiger partial charge in [-0.2, -0.15) is 0 Å². The van der Waals surface area contributed by atoms with Crippen molar-refractivity contribution in [1.29, 1.82) is 0 Å². The minimum atomic E-state index is -0.439. The predicted molar refractivity (Wildman–Crippen MR) is 103 cm³/mol. The Labute approximate surface area is 165 Å². The van der Waals surface area contributed by atoms with Gasteiger partial charge in [0.25, 0.3) is 5.22 Å². The molecule has 1 aromatic heterocycles. The molecule has 1 amide bonds. The number of rotatable bonds is 6. The SMILES string of the molecule is C[C@H](Sc1nnc(-c2ccc(Cl)cc2)o1)C(=O)N[C@H](C)c1ccc(F)cc1. The molecule has 1 heterocycles. The summed E-state index contributed by atoms with van der Waals surface area (Å²) >= 11 is 7.04. The molecule has 0 radical (unpaired) electrons. The van der Waals surface area contributed by atoms with Crippen LogP contribution in [-0.4, -0.2) is 21.4 Å². The molecule has 0 spiro atoms. The number of benzene rings is 2. The molecule has 8 heteroatoms. The smallest absolute Gasteiger partial charge is 0.277 e. The largest absolute Gasteiger partial charge is 0.411 e. The molecule has 0 aliphatic carbocycles. The zero-order valence-electron chi connectivity index (χ0n) is 14.6. The first-order valence-corrected chi connectivity index (χ1v) is 9.50. The number of nitrogens with zero attached hydrogens (tertiary/aromatic N) is 2. The molecule has 1 N–H and O–H groups in total. The second-order valence-corrected chi connectivity index (χ2v) is 7.65. The standard InChI is InChI=1S/C19H17ClFN3O2S/c1-11(13-5-9-16(21)10-6-13)22-17(25)12(2)27-19-24-23-18(26-19)14-3-7-15(20)8-4-14/h3-12H,1-2H3,(H,22,25)/t11-,12+/m1/s1. The first kappa shape index (κ1) is 19.4. The van der Waals surface area contributed by atoms with Crippen molar-refractivity contribution in [3.05, 3.63) is 64.9 Å². The lowest BCUT2D eigenvalue weighted by molar-refractivity contribution is -0.120. The number of thioether (sulfide) groups is 1. The van der Waals surface area contributed by atoms with Gasteiger partial charge in [0, 0.05) is 10.6 Å². The molecule has 3 rings (SSSR count). The molecule has 0 unspecified atom stereocenters. The fourth-order valence-electron chi connectivity index (χ4n) is 2.34. The molecule has 0 fully saturated rings. The zero-order chi connectivity index (χ0) is 19.4. The third-order valence-corrected chi connectivity index (χ3v) is 5.06. The Morgan fingerprint density at radius 1 is 1.11 bits per heavy atom. The molecule has 2 aromatic carbocycles. The van der Waals surface area contributed by atoms with Crippen molar-refractivity contribution >= 4 is 29.3 Å². The summed E-state index contributed by atoms with van der Waals surface area (Å²) in [5, 5.41) is 11.4. The van der Waals surface area contributed by atoms with E-state index in [-0.39, 0.29) is 17.8 Å². The monoisotopic (exact) mass is 405 g/mol. The van der Waals surface area contributed by atoms with Crippen LogP contribution in [0.15, 0.2) is 58.2 Å². The van der Waals surface area contributed by atoms with Gasteiger partial charge in [0.1, 0.15) is 5.82 Å². The molecule has 3 aromatic rings. The van der Waals surface area contributed by atoms with Crippen LogP contribution in [0, 0.1) is 5.82 Å². The highest BCUT2D eigenvalue weighted by Gasteiger charge is 2.20. The van der Waals surface area contributed by atoms with Crippen LogP contribution in [0.25, 0.3) is 11.5 Å². The number of hydrogen-bond acceptors (Lipinski definition) is 5. The number of carbonyl (C=O) groups excluding carboxylic acids is 1. The number of amides is 1. The van der Waals surface area contributed by atoms with E-state index in [9.17, 15) is 9.18 Å². The van der Waals surface area contributed by atoms with Crippen molar-refractivity contribution in [3.8, 4) is 11.5 Å². The van der Waals surface area contributed by atoms with Gasteiger partial charge in [-0.15, -0.1) is 10.2 Å². The maximum Gasteiger partial charge on any atom is 0.277 e. The zero-order valence-corrected chi connectivity index (χ0v) is 16.2. The van der Waals surface area contributed by atoms with Gasteiger partial charge in [0.05, 0.1) is 11.3 Å². The van der Waals surface area contributed by atoms with E-state index < -0.39 is 5.25 Å². The Morgan fingerprint density at radius 3 is 2.44 bits per heavy atom. The van der Waals surface area contributed by atoms with Crippen LogP contribution < -0.4 is 5.32 Å². The Hall–Kier alpha value is -2.38. The van der Waals surface area contributed by atoms with Gasteiger partial charge in [-0.3, -0.25) is 4.79 Å². The molecule has 0 bridgehead atoms. The lowest BCUT2D eigenvalue weighted by Gasteiger charge is -2.16. The molecule has 0 saturated heterocycles. The van der Waals surface area contributed by atoms with Crippen molar-refractivity contribution in [1.82, 2.24) is 15.5 Å². The highest BCUT2D eigenvalue weighted by Crippen LogP contribution is 2.27. The molecule has 0 saturated carbocycles. The third kappa shape index (κ3) is 5.08. The summed E-state index contributed by atoms with van der Waals surface area (Å²) in [6.07, 6.45) is 0. The molecular weight excluding hydrogens is 389 g/mol. The normalized spacial score (nSPS) is 13.2. The summed E-state index contributed by atoms with van der Waals surface area (Å²) in [7, 11) is 0. The minimum Gasteiger partial charge on any atom is -0.411 e. The summed E-state index contributed by atoms with van der Waals surface area (Å²) in [6, 6.07) is 12.8. The lowest BCUT2D eigenvalue weighted by Crippen LogP contribution is -2.33. The van der Waals surface area contributed by atoms with Crippen LogP contribution in [0.3, 0.4) is 0 Å². The van der Waals surface area contributed by atoms with Crippen molar-refractivity contribution in [2.24, 2.45) is 0 Å². The fraction of sp³-hybridized carbons (Fsp3) is 0.211. The molecule has 140 valence electrons. The van der Waals surface area contributed by atoms with E-state index in [1.165, 1.54) is 23.9 Å². The predicted octanol–water partition coefficient (Wildman–Crippen LogP) is 4.89. The topological polar surface area (TPSA) is 68.0 Å². The van der Waals surface area contributed by atoms with E-state index >= 15 is 0 Å². The van der Waals surface area contributed by atoms with Crippen molar-refractivity contribution < 1.29 is 13.6 Å². The first-order valence-electron chi connectivity index (χ1n) is 8.24. The van der Waals surface area contributed by atoms with E-state index in [1.807, 2.05) is 6.92 Å². The van der Waals surface area contributed by atoms with Gasteiger partial charge in [-0.25, -0.2) is 4.39 Å². The summed E-state index contributed by atoms with van der Waals surface area (Å²) in [6.45, 7) is 3.59. The van der Waals surface area contributed by atoms with Gasteiger partial charge in [0.15, 0.2) is 0 Å². The van der Waals surface area contributed by atoms with Crippen LogP contribution in [0.4, 0.5) is 4.39 Å².